The molecule has 4 heteroatoms. The van der Waals surface area contributed by atoms with Gasteiger partial charge in [0, 0.05) is 5.39 Å². The van der Waals surface area contributed by atoms with Crippen molar-refractivity contribution in [3.63, 3.8) is 0 Å². The van der Waals surface area contributed by atoms with Crippen molar-refractivity contribution < 1.29 is 14.8 Å². The quantitative estimate of drug-likeness (QED) is 0.698. The van der Waals surface area contributed by atoms with Gasteiger partial charge in [-0.05, 0) is 16.9 Å². The van der Waals surface area contributed by atoms with E-state index in [-0.39, 0.29) is 0 Å². The van der Waals surface area contributed by atoms with Crippen molar-refractivity contribution in [3.8, 4) is 5.75 Å². The minimum absolute atomic E-state index is 0.482. The molecule has 0 fully saturated rings. The van der Waals surface area contributed by atoms with Gasteiger partial charge < -0.3 is 14.8 Å². The summed E-state index contributed by atoms with van der Waals surface area (Å²) in [5.41, 5.74) is 0.482. The highest BCUT2D eigenvalue weighted by Crippen LogP contribution is 2.23. The highest BCUT2D eigenvalue weighted by Gasteiger charge is 2.11. The van der Waals surface area contributed by atoms with E-state index in [4.69, 9.17) is 14.8 Å². The van der Waals surface area contributed by atoms with Crippen LogP contribution < -0.4 is 10.2 Å². The van der Waals surface area contributed by atoms with Gasteiger partial charge in [-0.25, -0.2) is 0 Å². The Kier molecular flexibility index (Phi) is 2.62. The molecule has 3 nitrogen and oxygen atoms in total. The molecule has 0 spiro atoms. The highest BCUT2D eigenvalue weighted by atomic mass is 16.5. The van der Waals surface area contributed by atoms with Crippen molar-refractivity contribution in [1.29, 1.82) is 0 Å². The van der Waals surface area contributed by atoms with Gasteiger partial charge in [0.05, 0.1) is 7.11 Å². The van der Waals surface area contributed by atoms with Crippen LogP contribution in [0.25, 0.3) is 10.8 Å². The van der Waals surface area contributed by atoms with Crippen molar-refractivity contribution >= 4 is 23.4 Å². The zero-order valence-electron chi connectivity index (χ0n) is 8.34. The summed E-state index contributed by atoms with van der Waals surface area (Å²) in [6.45, 7) is 0. The van der Waals surface area contributed by atoms with Crippen molar-refractivity contribution in [2.45, 2.75) is 0 Å². The van der Waals surface area contributed by atoms with Crippen LogP contribution in [-0.4, -0.2) is 24.3 Å². The Bertz CT molecular complexity index is 482. The van der Waals surface area contributed by atoms with Crippen LogP contribution in [0, 0.1) is 0 Å². The van der Waals surface area contributed by atoms with E-state index in [1.165, 1.54) is 0 Å². The molecular formula is C11H11BO3. The van der Waals surface area contributed by atoms with E-state index in [1.807, 2.05) is 24.3 Å². The molecule has 0 saturated heterocycles. The first kappa shape index (κ1) is 10.0. The maximum absolute atomic E-state index is 9.03. The minimum atomic E-state index is -1.43. The van der Waals surface area contributed by atoms with Crippen LogP contribution in [0.4, 0.5) is 0 Å². The monoisotopic (exact) mass is 202 g/mol. The Hall–Kier alpha value is -1.52. The molecule has 0 bridgehead atoms. The van der Waals surface area contributed by atoms with Crippen LogP contribution in [0.1, 0.15) is 0 Å². The fourth-order valence-corrected chi connectivity index (χ4v) is 1.61. The average Bonchev–Trinajstić information content (AvgIpc) is 2.27. The molecule has 2 aromatic rings. The second-order valence-corrected chi connectivity index (χ2v) is 3.31. The van der Waals surface area contributed by atoms with Gasteiger partial charge in [-0.1, -0.05) is 30.3 Å². The van der Waals surface area contributed by atoms with Crippen molar-refractivity contribution in [1.82, 2.24) is 0 Å². The molecule has 76 valence electrons. The smallest absolute Gasteiger partial charge is 0.488 e. The second kappa shape index (κ2) is 3.92. The molecule has 0 aliphatic heterocycles. The number of ether oxygens (including phenoxy) is 1. The maximum Gasteiger partial charge on any atom is 0.488 e. The molecule has 0 amide bonds. The standard InChI is InChI=1S/C11H11BO3/c1-15-11-4-2-3-8-7-9(12(13)14)5-6-10(8)11/h2-7,13-14H,1H3. The van der Waals surface area contributed by atoms with E-state index in [2.05, 4.69) is 0 Å². The summed E-state index contributed by atoms with van der Waals surface area (Å²) in [4.78, 5) is 0. The van der Waals surface area contributed by atoms with E-state index in [9.17, 15) is 0 Å². The molecule has 2 N–H and O–H groups in total. The third-order valence-corrected chi connectivity index (χ3v) is 2.38. The van der Waals surface area contributed by atoms with Gasteiger partial charge in [-0.2, -0.15) is 0 Å². The topological polar surface area (TPSA) is 49.7 Å². The van der Waals surface area contributed by atoms with Gasteiger partial charge in [0.1, 0.15) is 5.75 Å². The lowest BCUT2D eigenvalue weighted by atomic mass is 9.79. The van der Waals surface area contributed by atoms with Gasteiger partial charge in [0.2, 0.25) is 0 Å². The third-order valence-electron chi connectivity index (χ3n) is 2.38. The van der Waals surface area contributed by atoms with Gasteiger partial charge in [-0.3, -0.25) is 0 Å². The van der Waals surface area contributed by atoms with Crippen LogP contribution in [0.15, 0.2) is 36.4 Å². The molecule has 0 aliphatic carbocycles. The molecule has 2 aromatic carbocycles. The second-order valence-electron chi connectivity index (χ2n) is 3.31. The Morgan fingerprint density at radius 2 is 1.93 bits per heavy atom. The number of fused-ring (bicyclic) bond motifs is 1. The first-order valence-corrected chi connectivity index (χ1v) is 4.65. The van der Waals surface area contributed by atoms with Crippen LogP contribution in [0.2, 0.25) is 0 Å². The zero-order chi connectivity index (χ0) is 10.8. The number of benzene rings is 2. The molecule has 0 unspecified atom stereocenters. The molecular weight excluding hydrogens is 191 g/mol. The van der Waals surface area contributed by atoms with Crippen LogP contribution in [0.5, 0.6) is 5.75 Å². The predicted molar refractivity (Wildman–Crippen MR) is 60.3 cm³/mol. The Labute approximate surface area is 88.1 Å². The maximum atomic E-state index is 9.03. The Morgan fingerprint density at radius 3 is 2.60 bits per heavy atom. The molecule has 0 aliphatic rings. The summed E-state index contributed by atoms with van der Waals surface area (Å²) >= 11 is 0. The van der Waals surface area contributed by atoms with Gasteiger partial charge in [0.15, 0.2) is 0 Å². The molecule has 15 heavy (non-hydrogen) atoms. The first-order valence-electron chi connectivity index (χ1n) is 4.65. The zero-order valence-corrected chi connectivity index (χ0v) is 8.34. The molecule has 0 heterocycles. The molecule has 2 rings (SSSR count). The van der Waals surface area contributed by atoms with Crippen LogP contribution in [-0.2, 0) is 0 Å². The molecule has 0 aromatic heterocycles. The highest BCUT2D eigenvalue weighted by molar-refractivity contribution is 6.58. The predicted octanol–water partition coefficient (Wildman–Crippen LogP) is 0.528. The normalized spacial score (nSPS) is 10.3. The number of methoxy groups -OCH3 is 1. The molecule has 0 saturated carbocycles. The number of rotatable bonds is 2. The van der Waals surface area contributed by atoms with Gasteiger partial charge in [-0.15, -0.1) is 0 Å². The molecule has 0 atom stereocenters. The lowest BCUT2D eigenvalue weighted by Gasteiger charge is -2.06. The van der Waals surface area contributed by atoms with Crippen molar-refractivity contribution in [2.24, 2.45) is 0 Å². The number of hydrogen-bond acceptors (Lipinski definition) is 3. The van der Waals surface area contributed by atoms with E-state index < -0.39 is 7.12 Å². The van der Waals surface area contributed by atoms with E-state index in [0.29, 0.717) is 5.46 Å². The Morgan fingerprint density at radius 1 is 1.13 bits per heavy atom. The fourth-order valence-electron chi connectivity index (χ4n) is 1.61. The minimum Gasteiger partial charge on any atom is -0.496 e. The van der Waals surface area contributed by atoms with Crippen LogP contribution in [0.3, 0.4) is 0 Å². The first-order chi connectivity index (χ1) is 7.22. The van der Waals surface area contributed by atoms with Gasteiger partial charge >= 0.3 is 7.12 Å². The summed E-state index contributed by atoms with van der Waals surface area (Å²) in [5.74, 6) is 0.784. The lowest BCUT2D eigenvalue weighted by Crippen LogP contribution is -2.29. The summed E-state index contributed by atoms with van der Waals surface area (Å²) in [6, 6.07) is 10.9. The van der Waals surface area contributed by atoms with E-state index >= 15 is 0 Å². The van der Waals surface area contributed by atoms with E-state index in [1.54, 1.807) is 19.2 Å². The van der Waals surface area contributed by atoms with E-state index in [0.717, 1.165) is 16.5 Å². The summed E-state index contributed by atoms with van der Waals surface area (Å²) in [7, 11) is 0.185. The largest absolute Gasteiger partial charge is 0.496 e. The fraction of sp³-hybridized carbons (Fsp3) is 0.0909. The Balaban J connectivity index is 2.63. The van der Waals surface area contributed by atoms with Gasteiger partial charge in [0.25, 0.3) is 0 Å². The van der Waals surface area contributed by atoms with Crippen molar-refractivity contribution in [2.75, 3.05) is 7.11 Å². The average molecular weight is 202 g/mol. The number of hydrogen-bond donors (Lipinski definition) is 2. The summed E-state index contributed by atoms with van der Waals surface area (Å²) in [5, 5.41) is 20.0. The lowest BCUT2D eigenvalue weighted by molar-refractivity contribution is 0.419. The SMILES string of the molecule is COc1cccc2cc(B(O)O)ccc12. The summed E-state index contributed by atoms with van der Waals surface area (Å²) in [6.07, 6.45) is 0. The van der Waals surface area contributed by atoms with Crippen molar-refractivity contribution in [3.05, 3.63) is 36.4 Å². The third kappa shape index (κ3) is 1.82. The van der Waals surface area contributed by atoms with Crippen LogP contribution >= 0.6 is 0 Å². The summed E-state index contributed by atoms with van der Waals surface area (Å²) < 4.78 is 5.20. The molecule has 0 radical (unpaired) electrons.